The van der Waals surface area contributed by atoms with E-state index in [-0.39, 0.29) is 5.75 Å². The molecule has 0 spiro atoms. The average Bonchev–Trinajstić information content (AvgIpc) is 3.25. The Morgan fingerprint density at radius 3 is 2.63 bits per heavy atom. The number of fused-ring (bicyclic) bond motifs is 1. The molecule has 150 valence electrons. The summed E-state index contributed by atoms with van der Waals surface area (Å²) in [5.74, 6) is 0.0151. The van der Waals surface area contributed by atoms with Gasteiger partial charge < -0.3 is 14.6 Å². The van der Waals surface area contributed by atoms with Crippen LogP contribution in [0.3, 0.4) is 0 Å². The Morgan fingerprint density at radius 2 is 1.93 bits per heavy atom. The smallest absolute Gasteiger partial charge is 0.387 e. The third kappa shape index (κ3) is 4.36. The molecule has 4 rings (SSSR count). The molecule has 0 aliphatic heterocycles. The second-order valence-corrected chi connectivity index (χ2v) is 6.62. The summed E-state index contributed by atoms with van der Waals surface area (Å²) in [6.07, 6.45) is 6.87. The maximum atomic E-state index is 12.6. The fourth-order valence-electron chi connectivity index (χ4n) is 3.17. The molecule has 0 aliphatic carbocycles. The molecule has 0 saturated heterocycles. The first-order valence-electron chi connectivity index (χ1n) is 9.17. The van der Waals surface area contributed by atoms with Crippen molar-refractivity contribution < 1.29 is 13.5 Å². The van der Waals surface area contributed by atoms with Crippen LogP contribution in [-0.2, 0) is 13.1 Å². The molecule has 8 heteroatoms. The lowest BCUT2D eigenvalue weighted by Gasteiger charge is -2.13. The van der Waals surface area contributed by atoms with E-state index in [2.05, 4.69) is 26.1 Å². The number of alkyl halides is 2. The zero-order chi connectivity index (χ0) is 20.9. The molecule has 0 amide bonds. The zero-order valence-corrected chi connectivity index (χ0v) is 15.8. The van der Waals surface area contributed by atoms with Gasteiger partial charge in [-0.05, 0) is 29.3 Å². The van der Waals surface area contributed by atoms with Crippen LogP contribution in [0.4, 0.5) is 14.5 Å². The van der Waals surface area contributed by atoms with E-state index in [1.54, 1.807) is 18.6 Å². The van der Waals surface area contributed by atoms with Crippen LogP contribution >= 0.6 is 0 Å². The number of nitriles is 1. The maximum Gasteiger partial charge on any atom is 0.387 e. The number of aromatic nitrogens is 3. The zero-order valence-electron chi connectivity index (χ0n) is 15.8. The van der Waals surface area contributed by atoms with E-state index in [4.69, 9.17) is 0 Å². The van der Waals surface area contributed by atoms with Gasteiger partial charge in [-0.25, -0.2) is 4.98 Å². The minimum absolute atomic E-state index is 0.0151. The highest BCUT2D eigenvalue weighted by Crippen LogP contribution is 2.30. The quantitative estimate of drug-likeness (QED) is 0.488. The third-order valence-corrected chi connectivity index (χ3v) is 4.60. The molecule has 6 nitrogen and oxygen atoms in total. The second-order valence-electron chi connectivity index (χ2n) is 6.62. The van der Waals surface area contributed by atoms with Crippen LogP contribution in [0.1, 0.15) is 16.7 Å². The monoisotopic (exact) mass is 405 g/mol. The Labute approximate surface area is 171 Å². The molecule has 2 aromatic carbocycles. The number of ether oxygens (including phenoxy) is 1. The summed E-state index contributed by atoms with van der Waals surface area (Å²) in [6.45, 7) is -1.74. The Hall–Kier alpha value is -3.99. The van der Waals surface area contributed by atoms with Crippen LogP contribution in [0.15, 0.2) is 67.4 Å². The summed E-state index contributed by atoms with van der Waals surface area (Å²) in [6, 6.07) is 14.6. The number of nitrogens with zero attached hydrogens (tertiary/aromatic N) is 4. The van der Waals surface area contributed by atoms with Crippen molar-refractivity contribution in [3.05, 3.63) is 84.1 Å². The van der Waals surface area contributed by atoms with Gasteiger partial charge in [0.15, 0.2) is 0 Å². The van der Waals surface area contributed by atoms with Gasteiger partial charge in [0.1, 0.15) is 11.8 Å². The summed E-state index contributed by atoms with van der Waals surface area (Å²) in [4.78, 5) is 8.25. The molecule has 0 atom stereocenters. The van der Waals surface area contributed by atoms with Gasteiger partial charge in [-0.2, -0.15) is 14.0 Å². The van der Waals surface area contributed by atoms with Crippen molar-refractivity contribution >= 4 is 16.6 Å². The van der Waals surface area contributed by atoms with Crippen LogP contribution < -0.4 is 10.1 Å². The van der Waals surface area contributed by atoms with Gasteiger partial charge in [-0.15, -0.1) is 0 Å². The molecule has 2 heterocycles. The van der Waals surface area contributed by atoms with Gasteiger partial charge in [0.05, 0.1) is 23.1 Å². The largest absolute Gasteiger partial charge is 0.435 e. The van der Waals surface area contributed by atoms with E-state index < -0.39 is 6.61 Å². The van der Waals surface area contributed by atoms with E-state index in [0.29, 0.717) is 28.7 Å². The topological polar surface area (TPSA) is 75.8 Å². The molecule has 0 fully saturated rings. The minimum atomic E-state index is -2.92. The molecule has 2 aromatic heterocycles. The fraction of sp³-hybridized carbons (Fsp3) is 0.136. The van der Waals surface area contributed by atoms with Crippen LogP contribution in [0.5, 0.6) is 5.75 Å². The molecule has 0 aliphatic rings. The Balaban J connectivity index is 1.55. The van der Waals surface area contributed by atoms with E-state index in [1.807, 2.05) is 35.0 Å². The van der Waals surface area contributed by atoms with Gasteiger partial charge >= 0.3 is 6.61 Å². The lowest BCUT2D eigenvalue weighted by molar-refractivity contribution is -0.0497. The van der Waals surface area contributed by atoms with E-state index >= 15 is 0 Å². The first kappa shape index (κ1) is 19.3. The van der Waals surface area contributed by atoms with E-state index in [1.165, 1.54) is 18.3 Å². The Morgan fingerprint density at radius 1 is 1.13 bits per heavy atom. The summed E-state index contributed by atoms with van der Waals surface area (Å²) in [7, 11) is 0. The van der Waals surface area contributed by atoms with Crippen molar-refractivity contribution in [2.75, 3.05) is 5.32 Å². The van der Waals surface area contributed by atoms with Gasteiger partial charge in [-0.3, -0.25) is 4.98 Å². The van der Waals surface area contributed by atoms with Gasteiger partial charge in [-0.1, -0.05) is 24.3 Å². The molecule has 4 aromatic rings. The van der Waals surface area contributed by atoms with Gasteiger partial charge in [0, 0.05) is 37.1 Å². The lowest BCUT2D eigenvalue weighted by atomic mass is 10.1. The molecular weight excluding hydrogens is 388 g/mol. The number of halogens is 2. The highest BCUT2D eigenvalue weighted by Gasteiger charge is 2.12. The van der Waals surface area contributed by atoms with E-state index in [9.17, 15) is 14.0 Å². The molecule has 1 N–H and O–H groups in total. The summed E-state index contributed by atoms with van der Waals surface area (Å²) >= 11 is 0. The number of pyridine rings is 1. The van der Waals surface area contributed by atoms with E-state index in [0.717, 1.165) is 17.7 Å². The number of hydrogen-bond donors (Lipinski definition) is 1. The molecule has 30 heavy (non-hydrogen) atoms. The van der Waals surface area contributed by atoms with Crippen LogP contribution in [-0.4, -0.2) is 21.1 Å². The van der Waals surface area contributed by atoms with Crippen molar-refractivity contribution in [1.29, 1.82) is 5.26 Å². The number of imidazole rings is 1. The van der Waals surface area contributed by atoms with Crippen LogP contribution in [0, 0.1) is 11.3 Å². The molecule has 0 saturated carbocycles. The Kier molecular flexibility index (Phi) is 5.52. The number of benzene rings is 2. The highest BCUT2D eigenvalue weighted by atomic mass is 19.3. The predicted octanol–water partition coefficient (Wildman–Crippen LogP) is 4.56. The highest BCUT2D eigenvalue weighted by molar-refractivity contribution is 5.94. The minimum Gasteiger partial charge on any atom is -0.435 e. The summed E-state index contributed by atoms with van der Waals surface area (Å²) < 4.78 is 31.6. The Bertz CT molecular complexity index is 1180. The molecule has 0 unspecified atom stereocenters. The van der Waals surface area contributed by atoms with Crippen molar-refractivity contribution in [3.63, 3.8) is 0 Å². The number of anilines is 1. The van der Waals surface area contributed by atoms with Crippen molar-refractivity contribution in [3.8, 4) is 11.8 Å². The molecular formula is C22H17F2N5O. The molecule has 0 radical (unpaired) electrons. The van der Waals surface area contributed by atoms with Crippen molar-refractivity contribution in [2.45, 2.75) is 19.7 Å². The van der Waals surface area contributed by atoms with Crippen molar-refractivity contribution in [2.24, 2.45) is 0 Å². The van der Waals surface area contributed by atoms with Gasteiger partial charge in [0.25, 0.3) is 0 Å². The average molecular weight is 405 g/mol. The first-order chi connectivity index (χ1) is 14.6. The summed E-state index contributed by atoms with van der Waals surface area (Å²) in [5.41, 5.74) is 3.59. The second kappa shape index (κ2) is 8.57. The molecule has 0 bridgehead atoms. The SMILES string of the molecule is N#Cc1cnc2ccc(OC(F)F)cc2c1NCc1ccc(Cn2ccnc2)cc1. The number of nitrogens with one attached hydrogen (secondary N) is 1. The van der Waals surface area contributed by atoms with Crippen molar-refractivity contribution in [1.82, 2.24) is 14.5 Å². The van der Waals surface area contributed by atoms with Crippen LogP contribution in [0.25, 0.3) is 10.9 Å². The van der Waals surface area contributed by atoms with Gasteiger partial charge in [0.2, 0.25) is 0 Å². The maximum absolute atomic E-state index is 12.6. The van der Waals surface area contributed by atoms with Crippen LogP contribution in [0.2, 0.25) is 0 Å². The lowest BCUT2D eigenvalue weighted by Crippen LogP contribution is -2.05. The normalized spacial score (nSPS) is 10.9. The number of hydrogen-bond acceptors (Lipinski definition) is 5. The first-order valence-corrected chi connectivity index (χ1v) is 9.17. The third-order valence-electron chi connectivity index (χ3n) is 4.60. The number of rotatable bonds is 7. The standard InChI is InChI=1S/C22H17F2N5O/c23-22(24)30-18-5-6-20-19(9-18)21(17(10-25)12-27-20)28-11-15-1-3-16(4-2-15)13-29-8-7-26-14-29/h1-9,12,14,22H,11,13H2,(H,27,28). The fourth-order valence-corrected chi connectivity index (χ4v) is 3.17. The predicted molar refractivity (Wildman–Crippen MR) is 108 cm³/mol. The summed E-state index contributed by atoms with van der Waals surface area (Å²) in [5, 5.41) is 13.3.